The van der Waals surface area contributed by atoms with Crippen molar-refractivity contribution in [2.75, 3.05) is 0 Å². The van der Waals surface area contributed by atoms with Crippen molar-refractivity contribution in [3.05, 3.63) is 24.3 Å². The van der Waals surface area contributed by atoms with Gasteiger partial charge >= 0.3 is 158 Å². The Labute approximate surface area is 181 Å². The van der Waals surface area contributed by atoms with Gasteiger partial charge < -0.3 is 24.8 Å². The van der Waals surface area contributed by atoms with Crippen LogP contribution in [0.5, 0.6) is 0 Å². The Balaban J connectivity index is 0.00000338. The van der Waals surface area contributed by atoms with E-state index in [1.165, 1.54) is 0 Å². The van der Waals surface area contributed by atoms with Gasteiger partial charge in [0.2, 0.25) is 0 Å². The summed E-state index contributed by atoms with van der Waals surface area (Å²) in [6, 6.07) is 0. The molecular formula is C14H29Cl2N3O3Si4Zr. The van der Waals surface area contributed by atoms with E-state index in [0.717, 1.165) is 12.8 Å². The van der Waals surface area contributed by atoms with E-state index in [9.17, 15) is 13.4 Å². The fourth-order valence-corrected chi connectivity index (χ4v) is 74.5. The minimum absolute atomic E-state index is 0. The molecule has 0 amide bonds. The third kappa shape index (κ3) is 5.40. The van der Waals surface area contributed by atoms with Crippen LogP contribution in [0, 0.1) is 11.8 Å². The molecule has 2 aliphatic rings. The molecule has 0 aromatic rings. The van der Waals surface area contributed by atoms with Crippen molar-refractivity contribution < 1.29 is 56.5 Å². The van der Waals surface area contributed by atoms with Crippen molar-refractivity contribution in [3.8, 4) is 0 Å². The minimum atomic E-state index is -4.50. The van der Waals surface area contributed by atoms with E-state index in [4.69, 9.17) is 0 Å². The van der Waals surface area contributed by atoms with Gasteiger partial charge in [0.05, 0.1) is 0 Å². The van der Waals surface area contributed by atoms with Crippen molar-refractivity contribution in [1.82, 2.24) is 8.78 Å². The zero-order valence-corrected chi connectivity index (χ0v) is 24.4. The molecule has 0 heterocycles. The molecule has 27 heavy (non-hydrogen) atoms. The largest absolute Gasteiger partial charge is 1.00 e. The molecule has 152 valence electrons. The number of nitrogens with one attached hydrogen (secondary N) is 3. The van der Waals surface area contributed by atoms with E-state index in [-0.39, 0.29) is 28.4 Å². The summed E-state index contributed by atoms with van der Waals surface area (Å²) in [4.78, 5) is 0. The van der Waals surface area contributed by atoms with Crippen LogP contribution >= 0.6 is 0 Å². The van der Waals surface area contributed by atoms with Gasteiger partial charge in [-0.1, -0.05) is 0 Å². The van der Waals surface area contributed by atoms with Gasteiger partial charge in [-0.05, 0) is 0 Å². The van der Waals surface area contributed by atoms with Crippen molar-refractivity contribution in [1.29, 1.82) is 0 Å². The Morgan fingerprint density at radius 2 is 1.22 bits per heavy atom. The topological polar surface area (TPSA) is 87.3 Å². The van der Waals surface area contributed by atoms with Crippen LogP contribution in [0.15, 0.2) is 24.3 Å². The van der Waals surface area contributed by atoms with Gasteiger partial charge in [0.1, 0.15) is 0 Å². The molecular weight excluding hydrogens is 533 g/mol. The average molecular weight is 562 g/mol. The molecule has 2 rings (SSSR count). The van der Waals surface area contributed by atoms with Gasteiger partial charge in [0, 0.05) is 0 Å². The van der Waals surface area contributed by atoms with Gasteiger partial charge in [-0.2, -0.15) is 0 Å². The predicted molar refractivity (Wildman–Crippen MR) is 102 cm³/mol. The quantitative estimate of drug-likeness (QED) is 0.275. The third-order valence-electron chi connectivity index (χ3n) is 5.66. The summed E-state index contributed by atoms with van der Waals surface area (Å²) in [5.41, 5.74) is -1.11. The number of hydrogen-bond acceptors (Lipinski definition) is 3. The Kier molecular flexibility index (Phi) is 10.8. The number of rotatable bonds is 7. The summed E-state index contributed by atoms with van der Waals surface area (Å²) in [5, 5.41) is 0. The van der Waals surface area contributed by atoms with Crippen LogP contribution in [-0.4, -0.2) is 32.0 Å². The van der Waals surface area contributed by atoms with E-state index in [2.05, 4.69) is 46.2 Å². The standard InChI is InChI=1S/C9H11.C2H6Si.3CH4NOSi.2ClH.Zr/c1-2-5-9-7-3-6-8(9)4-1;1-3-2;3*1-4(2)3;;;/h1-2,4-6,8-9H,3,7H2;1-2H3;3*2H,1H3;2*1H;/q;;3*-1;;;+5/p-2. The normalized spacial score (nSPS) is 22.3. The number of allylic oxidation sites excluding steroid dienone is 4. The van der Waals surface area contributed by atoms with Gasteiger partial charge in [-0.25, -0.2) is 0 Å². The second-order valence-corrected chi connectivity index (χ2v) is 41.1. The molecule has 0 spiro atoms. The third-order valence-corrected chi connectivity index (χ3v) is 59.1. The molecule has 2 aliphatic carbocycles. The number of halogens is 2. The fraction of sp³-hybridized carbons (Fsp3) is 0.714. The first-order chi connectivity index (χ1) is 11.6. The van der Waals surface area contributed by atoms with E-state index in [1.54, 1.807) is 19.6 Å². The number of hydrogen-bond donors (Lipinski definition) is 3. The molecule has 1 saturated carbocycles. The average Bonchev–Trinajstić information content (AvgIpc) is 2.89. The molecule has 3 N–H and O–H groups in total. The molecule has 1 fully saturated rings. The fourth-order valence-electron chi connectivity index (χ4n) is 4.84. The maximum atomic E-state index is 12.5. The van der Waals surface area contributed by atoms with Crippen molar-refractivity contribution in [2.45, 2.75) is 49.2 Å². The Morgan fingerprint density at radius 1 is 0.778 bits per heavy atom. The summed E-state index contributed by atoms with van der Waals surface area (Å²) < 4.78 is 48.3. The predicted octanol–water partition coefficient (Wildman–Crippen LogP) is -3.96. The summed E-state index contributed by atoms with van der Waals surface area (Å²) in [5.74, 6) is 0.791. The van der Waals surface area contributed by atoms with E-state index in [0.29, 0.717) is 11.8 Å². The Hall–Kier alpha value is 0.611. The zero-order valence-electron chi connectivity index (χ0n) is 16.4. The molecule has 0 radical (unpaired) electrons. The molecule has 0 saturated heterocycles. The maximum absolute atomic E-state index is 12.5. The molecule has 3 unspecified atom stereocenters. The molecule has 0 aromatic heterocycles. The second kappa shape index (κ2) is 10.6. The first kappa shape index (κ1) is 27.6. The van der Waals surface area contributed by atoms with Crippen LogP contribution in [0.4, 0.5) is 0 Å². The van der Waals surface area contributed by atoms with Gasteiger partial charge in [-0.15, -0.1) is 0 Å². The van der Waals surface area contributed by atoms with E-state index >= 15 is 0 Å². The van der Waals surface area contributed by atoms with Crippen molar-refractivity contribution in [3.63, 3.8) is 0 Å². The van der Waals surface area contributed by atoms with Crippen LogP contribution in [0.1, 0.15) is 12.8 Å². The van der Waals surface area contributed by atoms with Crippen LogP contribution < -0.4 is 33.6 Å². The molecule has 0 bridgehead atoms. The van der Waals surface area contributed by atoms with Gasteiger partial charge in [-0.3, -0.25) is 0 Å². The van der Waals surface area contributed by atoms with Gasteiger partial charge in [0.25, 0.3) is 0 Å². The minimum Gasteiger partial charge on any atom is -1.00 e. The van der Waals surface area contributed by atoms with E-state index < -0.39 is 50.2 Å². The summed E-state index contributed by atoms with van der Waals surface area (Å²) in [6.45, 7) is 9.50. The van der Waals surface area contributed by atoms with Gasteiger partial charge in [0.15, 0.2) is 0 Å². The monoisotopic (exact) mass is 559 g/mol. The van der Waals surface area contributed by atoms with E-state index in [1.807, 2.05) is 0 Å². The summed E-state index contributed by atoms with van der Waals surface area (Å²) in [6.07, 6.45) is 10.7. The second-order valence-electron chi connectivity index (χ2n) is 7.57. The number of fused-ring (bicyclic) bond motifs is 1. The summed E-state index contributed by atoms with van der Waals surface area (Å²) >= 11 is -4.50. The first-order valence-corrected chi connectivity index (χ1v) is 25.8. The molecule has 13 heteroatoms. The van der Waals surface area contributed by atoms with Crippen LogP contribution in [0.2, 0.25) is 36.4 Å². The van der Waals surface area contributed by atoms with Crippen LogP contribution in [0.25, 0.3) is 0 Å². The van der Waals surface area contributed by atoms with Crippen molar-refractivity contribution in [2.24, 2.45) is 11.8 Å². The first-order valence-electron chi connectivity index (χ1n) is 8.80. The molecule has 0 aromatic carbocycles. The molecule has 6 nitrogen and oxygen atoms in total. The zero-order chi connectivity index (χ0) is 18.9. The van der Waals surface area contributed by atoms with Crippen molar-refractivity contribution >= 4 is 32.0 Å². The van der Waals surface area contributed by atoms with Crippen LogP contribution in [0.3, 0.4) is 0 Å². The SMILES string of the molecule is C[Si](=O)[NH][Zr+2]([NH][Si](C)=O)([NH][Si](C)=O)([CH]1CCC2C=CC=CC21)=[Si](C)C.[Cl-].[Cl-]. The molecule has 0 aliphatic heterocycles. The molecule has 3 atom stereocenters. The Morgan fingerprint density at radius 3 is 1.63 bits per heavy atom. The maximum Gasteiger partial charge on any atom is -1.00 e. The van der Waals surface area contributed by atoms with Crippen LogP contribution in [-0.2, 0) is 31.7 Å². The smallest absolute Gasteiger partial charge is 1.00 e. The Bertz CT molecular complexity index is 706. The summed E-state index contributed by atoms with van der Waals surface area (Å²) in [7, 11) is -6.15.